The minimum atomic E-state index is -0.0912. The summed E-state index contributed by atoms with van der Waals surface area (Å²) in [6.45, 7) is 10.5. The van der Waals surface area contributed by atoms with E-state index in [-0.39, 0.29) is 12.5 Å². The predicted molar refractivity (Wildman–Crippen MR) is 99.8 cm³/mol. The fourth-order valence-corrected chi connectivity index (χ4v) is 2.16. The molecule has 0 radical (unpaired) electrons. The van der Waals surface area contributed by atoms with E-state index in [9.17, 15) is 4.79 Å². The summed E-state index contributed by atoms with van der Waals surface area (Å²) in [5, 5.41) is 6.04. The Hall–Kier alpha value is -2.75. The highest BCUT2D eigenvalue weighted by Gasteiger charge is 2.05. The number of ether oxygens (including phenoxy) is 1. The number of nitrogens with one attached hydrogen (secondary N) is 2. The summed E-state index contributed by atoms with van der Waals surface area (Å²) in [4.78, 5) is 12.1. The lowest BCUT2D eigenvalue weighted by Crippen LogP contribution is -2.22. The molecule has 2 aromatic carbocycles. The Kier molecular flexibility index (Phi) is 6.01. The Morgan fingerprint density at radius 3 is 2.50 bits per heavy atom. The lowest BCUT2D eigenvalue weighted by molar-refractivity contribution is -0.114. The van der Waals surface area contributed by atoms with Gasteiger partial charge in [0.05, 0.1) is 6.54 Å². The number of hydrogen-bond acceptors (Lipinski definition) is 3. The Balaban J connectivity index is 1.86. The maximum Gasteiger partial charge on any atom is 0.243 e. The van der Waals surface area contributed by atoms with Crippen LogP contribution in [0.2, 0.25) is 0 Å². The van der Waals surface area contributed by atoms with Gasteiger partial charge < -0.3 is 15.4 Å². The Morgan fingerprint density at radius 1 is 1.12 bits per heavy atom. The molecule has 0 saturated carbocycles. The molecule has 0 fully saturated rings. The zero-order chi connectivity index (χ0) is 17.5. The molecule has 0 aliphatic carbocycles. The van der Waals surface area contributed by atoms with Gasteiger partial charge in [0.2, 0.25) is 5.91 Å². The molecular weight excluding hydrogens is 300 g/mol. The maximum absolute atomic E-state index is 12.1. The molecular formula is C20H24N2O2. The average Bonchev–Trinajstić information content (AvgIpc) is 2.55. The lowest BCUT2D eigenvalue weighted by Gasteiger charge is -2.12. The van der Waals surface area contributed by atoms with Gasteiger partial charge in [-0.25, -0.2) is 0 Å². The van der Waals surface area contributed by atoms with E-state index < -0.39 is 0 Å². The summed E-state index contributed by atoms with van der Waals surface area (Å²) in [5.41, 5.74) is 5.04. The predicted octanol–water partition coefficient (Wildman–Crippen LogP) is 4.31. The number of anilines is 2. The Bertz CT molecular complexity index is 721. The standard InChI is InChI=1S/C20H24N2O2/c1-14(2)13-24-18-10-8-17(9-11-18)22-20(23)12-21-19-7-5-6-15(3)16(19)4/h5-11,21H,1,12-13H2,2-4H3,(H,22,23). The van der Waals surface area contributed by atoms with E-state index in [1.165, 1.54) is 5.56 Å². The topological polar surface area (TPSA) is 50.4 Å². The van der Waals surface area contributed by atoms with Crippen molar-refractivity contribution in [1.29, 1.82) is 0 Å². The minimum Gasteiger partial charge on any atom is -0.489 e. The zero-order valence-corrected chi connectivity index (χ0v) is 14.5. The Labute approximate surface area is 143 Å². The van der Waals surface area contributed by atoms with Crippen molar-refractivity contribution < 1.29 is 9.53 Å². The normalized spacial score (nSPS) is 10.1. The maximum atomic E-state index is 12.1. The second-order valence-electron chi connectivity index (χ2n) is 5.92. The van der Waals surface area contributed by atoms with Gasteiger partial charge in [0.1, 0.15) is 12.4 Å². The number of hydrogen-bond donors (Lipinski definition) is 2. The molecule has 126 valence electrons. The molecule has 0 bridgehead atoms. The number of carbonyl (C=O) groups excluding carboxylic acids is 1. The first-order valence-corrected chi connectivity index (χ1v) is 7.93. The van der Waals surface area contributed by atoms with E-state index in [1.807, 2.05) is 50.2 Å². The first-order valence-electron chi connectivity index (χ1n) is 7.93. The van der Waals surface area contributed by atoms with Crippen LogP contribution in [0.15, 0.2) is 54.6 Å². The summed E-state index contributed by atoms with van der Waals surface area (Å²) in [6, 6.07) is 13.3. The van der Waals surface area contributed by atoms with Crippen molar-refractivity contribution in [2.24, 2.45) is 0 Å². The van der Waals surface area contributed by atoms with E-state index in [4.69, 9.17) is 4.74 Å². The number of carbonyl (C=O) groups is 1. The van der Waals surface area contributed by atoms with E-state index in [2.05, 4.69) is 30.2 Å². The molecule has 0 saturated heterocycles. The van der Waals surface area contributed by atoms with Crippen LogP contribution in [0.3, 0.4) is 0 Å². The van der Waals surface area contributed by atoms with Gasteiger partial charge in [0.25, 0.3) is 0 Å². The van der Waals surface area contributed by atoms with Crippen molar-refractivity contribution in [2.75, 3.05) is 23.8 Å². The SMILES string of the molecule is C=C(C)COc1ccc(NC(=O)CNc2cccc(C)c2C)cc1. The molecule has 0 heterocycles. The van der Waals surface area contributed by atoms with Crippen LogP contribution in [-0.4, -0.2) is 19.1 Å². The van der Waals surface area contributed by atoms with Crippen LogP contribution >= 0.6 is 0 Å². The van der Waals surface area contributed by atoms with Crippen molar-refractivity contribution in [3.63, 3.8) is 0 Å². The number of rotatable bonds is 7. The van der Waals surface area contributed by atoms with Crippen molar-refractivity contribution in [2.45, 2.75) is 20.8 Å². The second-order valence-corrected chi connectivity index (χ2v) is 5.92. The summed E-state index contributed by atoms with van der Waals surface area (Å²) in [5.74, 6) is 0.663. The summed E-state index contributed by atoms with van der Waals surface area (Å²) < 4.78 is 5.53. The first kappa shape index (κ1) is 17.6. The van der Waals surface area contributed by atoms with Crippen LogP contribution in [0.1, 0.15) is 18.1 Å². The molecule has 0 aliphatic rings. The van der Waals surface area contributed by atoms with Gasteiger partial charge in [0, 0.05) is 11.4 Å². The van der Waals surface area contributed by atoms with E-state index >= 15 is 0 Å². The van der Waals surface area contributed by atoms with Crippen LogP contribution in [-0.2, 0) is 4.79 Å². The number of amides is 1. The van der Waals surface area contributed by atoms with Gasteiger partial charge in [-0.1, -0.05) is 18.7 Å². The van der Waals surface area contributed by atoms with E-state index in [0.29, 0.717) is 6.61 Å². The molecule has 2 aromatic rings. The summed E-state index contributed by atoms with van der Waals surface area (Å²) in [6.07, 6.45) is 0. The molecule has 24 heavy (non-hydrogen) atoms. The largest absolute Gasteiger partial charge is 0.489 e. The monoisotopic (exact) mass is 324 g/mol. The van der Waals surface area contributed by atoms with Gasteiger partial charge in [-0.15, -0.1) is 0 Å². The van der Waals surface area contributed by atoms with Crippen LogP contribution in [0.25, 0.3) is 0 Å². The summed E-state index contributed by atoms with van der Waals surface area (Å²) >= 11 is 0. The van der Waals surface area contributed by atoms with Crippen molar-refractivity contribution in [1.82, 2.24) is 0 Å². The molecule has 1 amide bonds. The zero-order valence-electron chi connectivity index (χ0n) is 14.5. The second kappa shape index (κ2) is 8.20. The highest BCUT2D eigenvalue weighted by Crippen LogP contribution is 2.18. The fraction of sp³-hybridized carbons (Fsp3) is 0.250. The van der Waals surface area contributed by atoms with Crippen LogP contribution in [0.5, 0.6) is 5.75 Å². The van der Waals surface area contributed by atoms with Crippen LogP contribution in [0.4, 0.5) is 11.4 Å². The molecule has 0 unspecified atom stereocenters. The molecule has 0 aromatic heterocycles. The third-order valence-corrected chi connectivity index (χ3v) is 3.67. The fourth-order valence-electron chi connectivity index (χ4n) is 2.16. The smallest absolute Gasteiger partial charge is 0.243 e. The van der Waals surface area contributed by atoms with Gasteiger partial charge in [0.15, 0.2) is 0 Å². The average molecular weight is 324 g/mol. The van der Waals surface area contributed by atoms with E-state index in [1.54, 1.807) is 0 Å². The molecule has 0 aliphatic heterocycles. The van der Waals surface area contributed by atoms with Gasteiger partial charge >= 0.3 is 0 Å². The molecule has 0 spiro atoms. The molecule has 2 rings (SSSR count). The molecule has 4 heteroatoms. The number of aryl methyl sites for hydroxylation is 1. The Morgan fingerprint density at radius 2 is 1.83 bits per heavy atom. The number of benzene rings is 2. The van der Waals surface area contributed by atoms with Crippen molar-refractivity contribution in [3.8, 4) is 5.75 Å². The van der Waals surface area contributed by atoms with Crippen LogP contribution < -0.4 is 15.4 Å². The van der Waals surface area contributed by atoms with E-state index in [0.717, 1.165) is 28.3 Å². The minimum absolute atomic E-state index is 0.0912. The van der Waals surface area contributed by atoms with Gasteiger partial charge in [-0.3, -0.25) is 4.79 Å². The quantitative estimate of drug-likeness (QED) is 0.746. The van der Waals surface area contributed by atoms with Crippen LogP contribution in [0, 0.1) is 13.8 Å². The third-order valence-electron chi connectivity index (χ3n) is 3.67. The highest BCUT2D eigenvalue weighted by molar-refractivity contribution is 5.93. The molecule has 0 atom stereocenters. The molecule has 4 nitrogen and oxygen atoms in total. The highest BCUT2D eigenvalue weighted by atomic mass is 16.5. The van der Waals surface area contributed by atoms with Gasteiger partial charge in [-0.2, -0.15) is 0 Å². The van der Waals surface area contributed by atoms with Crippen molar-refractivity contribution >= 4 is 17.3 Å². The van der Waals surface area contributed by atoms with Gasteiger partial charge in [-0.05, 0) is 67.8 Å². The lowest BCUT2D eigenvalue weighted by atomic mass is 10.1. The van der Waals surface area contributed by atoms with Crippen molar-refractivity contribution in [3.05, 3.63) is 65.7 Å². The first-order chi connectivity index (χ1) is 11.5. The summed E-state index contributed by atoms with van der Waals surface area (Å²) in [7, 11) is 0. The third kappa shape index (κ3) is 5.16. The molecule has 2 N–H and O–H groups in total.